The molecule has 2 aliphatic rings. The molecule has 0 amide bonds. The van der Waals surface area contributed by atoms with E-state index < -0.39 is 5.41 Å². The van der Waals surface area contributed by atoms with Gasteiger partial charge in [-0.1, -0.05) is 145 Å². The Morgan fingerprint density at radius 2 is 1.00 bits per heavy atom. The molecule has 1 aliphatic heterocycles. The molecular weight excluding hydrogens is 683 g/mol. The molecule has 1 atom stereocenters. The Morgan fingerprint density at radius 3 is 1.77 bits per heavy atom. The molecule has 3 nitrogen and oxygen atoms in total. The highest BCUT2D eigenvalue weighted by atomic mass is 32.2. The van der Waals surface area contributed by atoms with Gasteiger partial charge in [-0.25, -0.2) is 15.0 Å². The van der Waals surface area contributed by atoms with Crippen LogP contribution in [0.2, 0.25) is 0 Å². The molecule has 5 heteroatoms. The summed E-state index contributed by atoms with van der Waals surface area (Å²) in [5.74, 6) is 1.96. The number of rotatable bonds is 4. The Bertz CT molecular complexity index is 2820. The van der Waals surface area contributed by atoms with E-state index in [-0.39, 0.29) is 0 Å². The molecule has 3 heterocycles. The van der Waals surface area contributed by atoms with Crippen molar-refractivity contribution in [2.75, 3.05) is 0 Å². The maximum absolute atomic E-state index is 5.03. The van der Waals surface area contributed by atoms with Gasteiger partial charge in [0.05, 0.1) is 5.41 Å². The van der Waals surface area contributed by atoms with Crippen molar-refractivity contribution in [3.05, 3.63) is 197 Å². The minimum absolute atomic E-state index is 0.448. The number of benzene rings is 7. The Morgan fingerprint density at radius 1 is 0.396 bits per heavy atom. The molecule has 0 bridgehead atoms. The van der Waals surface area contributed by atoms with Crippen LogP contribution in [0.4, 0.5) is 0 Å². The lowest BCUT2D eigenvalue weighted by molar-refractivity contribution is 0.723. The number of hydrogen-bond acceptors (Lipinski definition) is 5. The van der Waals surface area contributed by atoms with Crippen molar-refractivity contribution in [3.8, 4) is 56.4 Å². The predicted molar refractivity (Wildman–Crippen MR) is 218 cm³/mol. The summed E-state index contributed by atoms with van der Waals surface area (Å²) in [5.41, 5.74) is 12.7. The molecule has 2 aromatic heterocycles. The Balaban J connectivity index is 1.11. The molecule has 11 rings (SSSR count). The molecule has 1 spiro atoms. The third-order valence-electron chi connectivity index (χ3n) is 10.7. The monoisotopic (exact) mass is 711 g/mol. The molecule has 1 unspecified atom stereocenters. The molecule has 1 aliphatic carbocycles. The fourth-order valence-electron chi connectivity index (χ4n) is 8.40. The first kappa shape index (κ1) is 30.5. The van der Waals surface area contributed by atoms with Crippen LogP contribution in [0.5, 0.6) is 0 Å². The SMILES string of the molecule is c1ccc(-c2nc(-c3ccccc3)nc(-c3cccc(-c4ccc5c(c4)C4(c6ccccc6S5)c5ccccc5-c5c4ccc4sccc54)c3)n2)cc1. The molecule has 0 saturated carbocycles. The zero-order chi connectivity index (χ0) is 34.9. The second kappa shape index (κ2) is 12.0. The van der Waals surface area contributed by atoms with Crippen molar-refractivity contribution >= 4 is 33.2 Å². The highest BCUT2D eigenvalue weighted by molar-refractivity contribution is 7.99. The van der Waals surface area contributed by atoms with Crippen LogP contribution in [0.3, 0.4) is 0 Å². The minimum atomic E-state index is -0.448. The summed E-state index contributed by atoms with van der Waals surface area (Å²) in [5, 5.41) is 3.56. The van der Waals surface area contributed by atoms with E-state index in [1.165, 1.54) is 53.3 Å². The Labute approximate surface area is 315 Å². The molecule has 248 valence electrons. The number of nitrogens with zero attached hydrogens (tertiary/aromatic N) is 3. The maximum Gasteiger partial charge on any atom is 0.164 e. The van der Waals surface area contributed by atoms with Gasteiger partial charge in [-0.3, -0.25) is 0 Å². The fraction of sp³-hybridized carbons (Fsp3) is 0.0208. The fourth-order valence-corrected chi connectivity index (χ4v) is 10.4. The second-order valence-electron chi connectivity index (χ2n) is 13.5. The third kappa shape index (κ3) is 4.64. The van der Waals surface area contributed by atoms with Gasteiger partial charge in [0.2, 0.25) is 0 Å². The number of thiophene rings is 1. The van der Waals surface area contributed by atoms with Crippen molar-refractivity contribution in [1.29, 1.82) is 0 Å². The summed E-state index contributed by atoms with van der Waals surface area (Å²) in [6.45, 7) is 0. The molecule has 0 radical (unpaired) electrons. The van der Waals surface area contributed by atoms with Crippen LogP contribution >= 0.6 is 23.1 Å². The molecule has 0 saturated heterocycles. The van der Waals surface area contributed by atoms with Crippen LogP contribution in [-0.4, -0.2) is 15.0 Å². The average molecular weight is 712 g/mol. The first-order valence-corrected chi connectivity index (χ1v) is 19.5. The van der Waals surface area contributed by atoms with Crippen LogP contribution in [-0.2, 0) is 5.41 Å². The summed E-state index contributed by atoms with van der Waals surface area (Å²) in [6.07, 6.45) is 0. The second-order valence-corrected chi connectivity index (χ2v) is 15.6. The molecule has 0 N–H and O–H groups in total. The van der Waals surface area contributed by atoms with Crippen molar-refractivity contribution < 1.29 is 0 Å². The van der Waals surface area contributed by atoms with Gasteiger partial charge in [0.25, 0.3) is 0 Å². The standard InChI is InChI=1S/C48H29N3S2/c1-3-12-30(13-4-1)45-49-46(31-14-5-2-6-15-31)51-47(50-45)34-17-11-16-32(28-34)33-22-24-43-40(29-33)48(38-20-9-10-21-42(38)53-43)37-19-8-7-18-35(37)44-36-26-27-52-41(36)25-23-39(44)48/h1-29H. The number of hydrogen-bond donors (Lipinski definition) is 0. The van der Waals surface area contributed by atoms with E-state index in [1.54, 1.807) is 0 Å². The number of fused-ring (bicyclic) bond motifs is 11. The van der Waals surface area contributed by atoms with Crippen LogP contribution in [0.1, 0.15) is 22.3 Å². The summed E-state index contributed by atoms with van der Waals surface area (Å²) in [6, 6.07) is 61.1. The summed E-state index contributed by atoms with van der Waals surface area (Å²) >= 11 is 3.69. The molecular formula is C48H29N3S2. The smallest absolute Gasteiger partial charge is 0.164 e. The molecule has 7 aromatic carbocycles. The van der Waals surface area contributed by atoms with Crippen LogP contribution in [0.15, 0.2) is 185 Å². The summed E-state index contributed by atoms with van der Waals surface area (Å²) in [7, 11) is 0. The summed E-state index contributed by atoms with van der Waals surface area (Å²) in [4.78, 5) is 17.6. The lowest BCUT2D eigenvalue weighted by Gasteiger charge is -2.40. The van der Waals surface area contributed by atoms with Crippen molar-refractivity contribution in [2.45, 2.75) is 15.2 Å². The lowest BCUT2D eigenvalue weighted by atomic mass is 9.67. The molecule has 9 aromatic rings. The maximum atomic E-state index is 5.03. The van der Waals surface area contributed by atoms with E-state index in [9.17, 15) is 0 Å². The topological polar surface area (TPSA) is 38.7 Å². The van der Waals surface area contributed by atoms with Gasteiger partial charge in [0.15, 0.2) is 17.5 Å². The zero-order valence-electron chi connectivity index (χ0n) is 28.4. The van der Waals surface area contributed by atoms with E-state index in [0.29, 0.717) is 17.5 Å². The van der Waals surface area contributed by atoms with Crippen LogP contribution in [0.25, 0.3) is 66.5 Å². The van der Waals surface area contributed by atoms with Gasteiger partial charge < -0.3 is 0 Å². The van der Waals surface area contributed by atoms with Gasteiger partial charge in [0, 0.05) is 36.6 Å². The highest BCUT2D eigenvalue weighted by Gasteiger charge is 2.50. The van der Waals surface area contributed by atoms with Crippen molar-refractivity contribution in [3.63, 3.8) is 0 Å². The van der Waals surface area contributed by atoms with Crippen molar-refractivity contribution in [2.24, 2.45) is 0 Å². The van der Waals surface area contributed by atoms with Gasteiger partial charge >= 0.3 is 0 Å². The van der Waals surface area contributed by atoms with E-state index in [0.717, 1.165) is 27.8 Å². The highest BCUT2D eigenvalue weighted by Crippen LogP contribution is 2.63. The first-order valence-electron chi connectivity index (χ1n) is 17.8. The largest absolute Gasteiger partial charge is 0.208 e. The Kier molecular flexibility index (Phi) is 6.88. The van der Waals surface area contributed by atoms with E-state index in [1.807, 2.05) is 83.8 Å². The normalized spacial score (nSPS) is 15.2. The minimum Gasteiger partial charge on any atom is -0.208 e. The van der Waals surface area contributed by atoms with E-state index in [2.05, 4.69) is 115 Å². The quantitative estimate of drug-likeness (QED) is 0.182. The van der Waals surface area contributed by atoms with Gasteiger partial charge in [0.1, 0.15) is 0 Å². The average Bonchev–Trinajstić information content (AvgIpc) is 3.83. The van der Waals surface area contributed by atoms with Gasteiger partial charge in [-0.15, -0.1) is 11.3 Å². The predicted octanol–water partition coefficient (Wildman–Crippen LogP) is 12.6. The summed E-state index contributed by atoms with van der Waals surface area (Å²) < 4.78 is 1.32. The third-order valence-corrected chi connectivity index (χ3v) is 12.7. The zero-order valence-corrected chi connectivity index (χ0v) is 30.0. The first-order chi connectivity index (χ1) is 26.3. The van der Waals surface area contributed by atoms with Crippen LogP contribution in [0, 0.1) is 0 Å². The van der Waals surface area contributed by atoms with E-state index in [4.69, 9.17) is 15.0 Å². The van der Waals surface area contributed by atoms with E-state index >= 15 is 0 Å². The van der Waals surface area contributed by atoms with Gasteiger partial charge in [-0.05, 0) is 86.3 Å². The van der Waals surface area contributed by atoms with Crippen LogP contribution < -0.4 is 0 Å². The molecule has 53 heavy (non-hydrogen) atoms. The molecule has 0 fully saturated rings. The number of aromatic nitrogens is 3. The lowest BCUT2D eigenvalue weighted by Crippen LogP contribution is -2.32. The Hall–Kier alpha value is -6.14. The van der Waals surface area contributed by atoms with Gasteiger partial charge in [-0.2, -0.15) is 0 Å². The van der Waals surface area contributed by atoms with Crippen molar-refractivity contribution in [1.82, 2.24) is 15.0 Å².